The van der Waals surface area contributed by atoms with Gasteiger partial charge in [0.05, 0.1) is 5.69 Å². The van der Waals surface area contributed by atoms with Gasteiger partial charge in [0, 0.05) is 25.5 Å². The third-order valence-corrected chi connectivity index (χ3v) is 3.10. The van der Waals surface area contributed by atoms with E-state index in [1.165, 1.54) is 6.20 Å². The summed E-state index contributed by atoms with van der Waals surface area (Å²) in [6.45, 7) is 4.62. The fourth-order valence-corrected chi connectivity index (χ4v) is 1.85. The predicted molar refractivity (Wildman–Crippen MR) is 73.5 cm³/mol. The minimum Gasteiger partial charge on any atom is -0.307 e. The number of aromatic nitrogens is 2. The Balaban J connectivity index is 1.96. The van der Waals surface area contributed by atoms with Crippen LogP contribution in [0.25, 0.3) is 0 Å². The first-order valence-corrected chi connectivity index (χ1v) is 6.51. The molecular formula is C15H16F3N3. The molecule has 3 nitrogen and oxygen atoms in total. The molecule has 2 rings (SSSR count). The van der Waals surface area contributed by atoms with Gasteiger partial charge in [0.2, 0.25) is 0 Å². The molecular weight excluding hydrogens is 279 g/mol. The molecule has 0 bridgehead atoms. The van der Waals surface area contributed by atoms with Crippen molar-refractivity contribution in [2.24, 2.45) is 0 Å². The summed E-state index contributed by atoms with van der Waals surface area (Å²) < 4.78 is 37.6. The number of rotatable bonds is 4. The van der Waals surface area contributed by atoms with Crippen LogP contribution in [0.3, 0.4) is 0 Å². The van der Waals surface area contributed by atoms with E-state index in [-0.39, 0.29) is 0 Å². The SMILES string of the molecule is Cc1ccc(CNCc2cnc(C(F)(F)F)cc2C)nc1. The molecule has 0 amide bonds. The van der Waals surface area contributed by atoms with Gasteiger partial charge in [-0.1, -0.05) is 6.07 Å². The van der Waals surface area contributed by atoms with Gasteiger partial charge in [-0.2, -0.15) is 13.2 Å². The van der Waals surface area contributed by atoms with Crippen LogP contribution in [0.15, 0.2) is 30.6 Å². The molecule has 0 radical (unpaired) electrons. The van der Waals surface area contributed by atoms with E-state index in [1.807, 2.05) is 19.1 Å². The lowest BCUT2D eigenvalue weighted by molar-refractivity contribution is -0.141. The summed E-state index contributed by atoms with van der Waals surface area (Å²) in [6.07, 6.45) is -1.35. The number of hydrogen-bond donors (Lipinski definition) is 1. The van der Waals surface area contributed by atoms with Gasteiger partial charge in [-0.15, -0.1) is 0 Å². The molecule has 0 spiro atoms. The second kappa shape index (κ2) is 6.22. The van der Waals surface area contributed by atoms with Gasteiger partial charge in [0.25, 0.3) is 0 Å². The summed E-state index contributed by atoms with van der Waals surface area (Å²) >= 11 is 0. The summed E-state index contributed by atoms with van der Waals surface area (Å²) in [5, 5.41) is 3.15. The van der Waals surface area contributed by atoms with E-state index in [1.54, 1.807) is 13.1 Å². The Labute approximate surface area is 121 Å². The van der Waals surface area contributed by atoms with Crippen LogP contribution in [-0.4, -0.2) is 9.97 Å². The predicted octanol–water partition coefficient (Wildman–Crippen LogP) is 3.40. The Morgan fingerprint density at radius 2 is 1.81 bits per heavy atom. The Hall–Kier alpha value is -1.95. The van der Waals surface area contributed by atoms with Crippen LogP contribution in [0.1, 0.15) is 28.1 Å². The lowest BCUT2D eigenvalue weighted by Crippen LogP contribution is -2.16. The normalized spacial score (nSPS) is 11.7. The quantitative estimate of drug-likeness (QED) is 0.939. The zero-order valence-electron chi connectivity index (χ0n) is 11.8. The molecule has 2 aromatic rings. The highest BCUT2D eigenvalue weighted by Gasteiger charge is 2.32. The molecule has 0 saturated carbocycles. The van der Waals surface area contributed by atoms with Crippen molar-refractivity contribution in [2.45, 2.75) is 33.1 Å². The van der Waals surface area contributed by atoms with E-state index in [4.69, 9.17) is 0 Å². The Morgan fingerprint density at radius 3 is 2.38 bits per heavy atom. The van der Waals surface area contributed by atoms with Crippen molar-refractivity contribution in [1.29, 1.82) is 0 Å². The fourth-order valence-electron chi connectivity index (χ4n) is 1.85. The molecule has 6 heteroatoms. The van der Waals surface area contributed by atoms with Gasteiger partial charge in [-0.25, -0.2) is 0 Å². The standard InChI is InChI=1S/C15H16F3N3/c1-10-3-4-13(20-6-10)9-19-7-12-8-21-14(5-11(12)2)15(16,17)18/h3-6,8,19H,7,9H2,1-2H3. The topological polar surface area (TPSA) is 37.8 Å². The van der Waals surface area contributed by atoms with Crippen LogP contribution in [0.2, 0.25) is 0 Å². The minimum atomic E-state index is -4.40. The van der Waals surface area contributed by atoms with Crippen LogP contribution in [0.4, 0.5) is 13.2 Å². The van der Waals surface area contributed by atoms with Gasteiger partial charge in [0.1, 0.15) is 5.69 Å². The summed E-state index contributed by atoms with van der Waals surface area (Å²) in [7, 11) is 0. The minimum absolute atomic E-state index is 0.451. The molecule has 21 heavy (non-hydrogen) atoms. The van der Waals surface area contributed by atoms with Crippen LogP contribution < -0.4 is 5.32 Å². The van der Waals surface area contributed by atoms with Gasteiger partial charge < -0.3 is 5.32 Å². The maximum atomic E-state index is 12.5. The summed E-state index contributed by atoms with van der Waals surface area (Å²) in [5.41, 5.74) is 2.43. The lowest BCUT2D eigenvalue weighted by Gasteiger charge is -2.11. The van der Waals surface area contributed by atoms with Crippen LogP contribution >= 0.6 is 0 Å². The Morgan fingerprint density at radius 1 is 1.05 bits per heavy atom. The largest absolute Gasteiger partial charge is 0.433 e. The molecule has 0 saturated heterocycles. The smallest absolute Gasteiger partial charge is 0.307 e. The second-order valence-electron chi connectivity index (χ2n) is 4.92. The first-order chi connectivity index (χ1) is 9.86. The number of alkyl halides is 3. The van der Waals surface area contributed by atoms with Crippen molar-refractivity contribution < 1.29 is 13.2 Å². The molecule has 0 unspecified atom stereocenters. The van der Waals surface area contributed by atoms with Gasteiger partial charge in [-0.05, 0) is 42.7 Å². The van der Waals surface area contributed by atoms with Crippen molar-refractivity contribution in [3.8, 4) is 0 Å². The number of nitrogens with zero attached hydrogens (tertiary/aromatic N) is 2. The van der Waals surface area contributed by atoms with Crippen molar-refractivity contribution in [2.75, 3.05) is 0 Å². The van der Waals surface area contributed by atoms with E-state index in [0.29, 0.717) is 18.7 Å². The lowest BCUT2D eigenvalue weighted by atomic mass is 10.1. The average molecular weight is 295 g/mol. The molecule has 0 fully saturated rings. The molecule has 2 heterocycles. The first-order valence-electron chi connectivity index (χ1n) is 6.51. The summed E-state index contributed by atoms with van der Waals surface area (Å²) in [5.74, 6) is 0. The average Bonchev–Trinajstić information content (AvgIpc) is 2.41. The molecule has 0 aliphatic heterocycles. The zero-order chi connectivity index (χ0) is 15.5. The monoisotopic (exact) mass is 295 g/mol. The Bertz CT molecular complexity index is 607. The molecule has 0 aliphatic carbocycles. The second-order valence-corrected chi connectivity index (χ2v) is 4.92. The number of nitrogens with one attached hydrogen (secondary N) is 1. The van der Waals surface area contributed by atoms with E-state index in [2.05, 4.69) is 15.3 Å². The summed E-state index contributed by atoms with van der Waals surface area (Å²) in [6, 6.07) is 4.95. The first kappa shape index (κ1) is 15.4. The number of halogens is 3. The molecule has 0 atom stereocenters. The van der Waals surface area contributed by atoms with Crippen molar-refractivity contribution in [1.82, 2.24) is 15.3 Å². The van der Waals surface area contributed by atoms with Gasteiger partial charge in [0.15, 0.2) is 0 Å². The highest BCUT2D eigenvalue weighted by Crippen LogP contribution is 2.28. The maximum absolute atomic E-state index is 12.5. The van der Waals surface area contributed by atoms with E-state index in [0.717, 1.165) is 22.9 Å². The highest BCUT2D eigenvalue weighted by atomic mass is 19.4. The number of aryl methyl sites for hydroxylation is 2. The van der Waals surface area contributed by atoms with E-state index < -0.39 is 11.9 Å². The number of hydrogen-bond acceptors (Lipinski definition) is 3. The summed E-state index contributed by atoms with van der Waals surface area (Å²) in [4.78, 5) is 7.72. The molecule has 0 aliphatic rings. The van der Waals surface area contributed by atoms with Crippen molar-refractivity contribution >= 4 is 0 Å². The third-order valence-electron chi connectivity index (χ3n) is 3.10. The zero-order valence-corrected chi connectivity index (χ0v) is 11.8. The molecule has 2 aromatic heterocycles. The van der Waals surface area contributed by atoms with Gasteiger partial charge in [-0.3, -0.25) is 9.97 Å². The van der Waals surface area contributed by atoms with E-state index >= 15 is 0 Å². The van der Waals surface area contributed by atoms with Crippen molar-refractivity contribution in [3.05, 3.63) is 58.7 Å². The highest BCUT2D eigenvalue weighted by molar-refractivity contribution is 5.26. The maximum Gasteiger partial charge on any atom is 0.433 e. The third kappa shape index (κ3) is 4.26. The van der Waals surface area contributed by atoms with Crippen molar-refractivity contribution in [3.63, 3.8) is 0 Å². The number of pyridine rings is 2. The van der Waals surface area contributed by atoms with Crippen LogP contribution in [0.5, 0.6) is 0 Å². The Kier molecular flexibility index (Phi) is 4.57. The molecule has 0 aromatic carbocycles. The van der Waals surface area contributed by atoms with E-state index in [9.17, 15) is 13.2 Å². The van der Waals surface area contributed by atoms with Crippen LogP contribution in [0, 0.1) is 13.8 Å². The molecule has 1 N–H and O–H groups in total. The molecule has 112 valence electrons. The van der Waals surface area contributed by atoms with Crippen LogP contribution in [-0.2, 0) is 19.3 Å². The van der Waals surface area contributed by atoms with Gasteiger partial charge >= 0.3 is 6.18 Å². The fraction of sp³-hybridized carbons (Fsp3) is 0.333.